The fourth-order valence-electron chi connectivity index (χ4n) is 2.83. The van der Waals surface area contributed by atoms with Gasteiger partial charge in [0, 0.05) is 32.8 Å². The van der Waals surface area contributed by atoms with Gasteiger partial charge in [-0.3, -0.25) is 4.79 Å². The Hall–Kier alpha value is -0.700. The summed E-state index contributed by atoms with van der Waals surface area (Å²) in [6.45, 7) is 1.68. The van der Waals surface area contributed by atoms with Crippen LogP contribution < -0.4 is 4.72 Å². The maximum Gasteiger partial charge on any atom is 0.311 e. The molecule has 0 unspecified atom stereocenters. The summed E-state index contributed by atoms with van der Waals surface area (Å²) >= 11 is 0. The average molecular weight is 320 g/mol. The molecule has 0 saturated carbocycles. The number of aliphatic carboxylic acids is 1. The zero-order chi connectivity index (χ0) is 15.3. The van der Waals surface area contributed by atoms with Crippen molar-refractivity contribution in [3.8, 4) is 0 Å². The van der Waals surface area contributed by atoms with Crippen molar-refractivity contribution < 1.29 is 23.1 Å². The second-order valence-corrected chi connectivity index (χ2v) is 7.59. The summed E-state index contributed by atoms with van der Waals surface area (Å²) in [7, 11) is -3.60. The third-order valence-corrected chi connectivity index (χ3v) is 5.96. The summed E-state index contributed by atoms with van der Waals surface area (Å²) < 4.78 is 33.8. The van der Waals surface area contributed by atoms with Crippen molar-refractivity contribution in [1.29, 1.82) is 0 Å². The third-order valence-electron chi connectivity index (χ3n) is 4.40. The van der Waals surface area contributed by atoms with Gasteiger partial charge < -0.3 is 9.84 Å². The Bertz CT molecular complexity index is 451. The Morgan fingerprint density at radius 2 is 1.71 bits per heavy atom. The summed E-state index contributed by atoms with van der Waals surface area (Å²) in [4.78, 5) is 11.5. The zero-order valence-corrected chi connectivity index (χ0v) is 13.0. The van der Waals surface area contributed by atoms with Crippen molar-refractivity contribution in [1.82, 2.24) is 9.03 Å². The highest BCUT2D eigenvalue weighted by Crippen LogP contribution is 2.30. The molecule has 8 heteroatoms. The van der Waals surface area contributed by atoms with E-state index in [9.17, 15) is 18.3 Å². The maximum atomic E-state index is 12.3. The van der Waals surface area contributed by atoms with Crippen LogP contribution in [0.5, 0.6) is 0 Å². The van der Waals surface area contributed by atoms with Crippen LogP contribution >= 0.6 is 0 Å². The van der Waals surface area contributed by atoms with Gasteiger partial charge in [0.2, 0.25) is 0 Å². The average Bonchev–Trinajstić information content (AvgIpc) is 2.76. The van der Waals surface area contributed by atoms with Gasteiger partial charge in [0.15, 0.2) is 0 Å². The van der Waals surface area contributed by atoms with Gasteiger partial charge in [0.05, 0.1) is 5.41 Å². The van der Waals surface area contributed by atoms with E-state index in [2.05, 4.69) is 4.72 Å². The van der Waals surface area contributed by atoms with Crippen molar-refractivity contribution in [3.05, 3.63) is 0 Å². The highest BCUT2D eigenvalue weighted by molar-refractivity contribution is 7.87. The van der Waals surface area contributed by atoms with Gasteiger partial charge in [0.25, 0.3) is 10.2 Å². The molecule has 0 radical (unpaired) electrons. The molecule has 122 valence electrons. The molecule has 2 heterocycles. The van der Waals surface area contributed by atoms with E-state index in [1.807, 2.05) is 0 Å². The Balaban J connectivity index is 2.00. The molecule has 2 aliphatic heterocycles. The van der Waals surface area contributed by atoms with Gasteiger partial charge in [-0.05, 0) is 25.7 Å². The minimum absolute atomic E-state index is 0.0650. The van der Waals surface area contributed by atoms with E-state index in [1.54, 1.807) is 0 Å². The molecular formula is C13H24N2O5S. The van der Waals surface area contributed by atoms with Crippen LogP contribution in [0.3, 0.4) is 0 Å². The lowest BCUT2D eigenvalue weighted by atomic mass is 9.80. The quantitative estimate of drug-likeness (QED) is 0.772. The van der Waals surface area contributed by atoms with Gasteiger partial charge in [-0.1, -0.05) is 12.8 Å². The molecule has 2 fully saturated rings. The van der Waals surface area contributed by atoms with Crippen molar-refractivity contribution in [2.24, 2.45) is 5.41 Å². The fourth-order valence-corrected chi connectivity index (χ4v) is 4.21. The number of carbonyl (C=O) groups is 1. The minimum Gasteiger partial charge on any atom is -0.481 e. The van der Waals surface area contributed by atoms with Gasteiger partial charge in [0.1, 0.15) is 0 Å². The minimum atomic E-state index is -3.60. The van der Waals surface area contributed by atoms with Crippen molar-refractivity contribution >= 4 is 16.2 Å². The molecular weight excluding hydrogens is 296 g/mol. The van der Waals surface area contributed by atoms with Crippen LogP contribution in [0.4, 0.5) is 0 Å². The summed E-state index contributed by atoms with van der Waals surface area (Å²) in [6, 6.07) is 0. The lowest BCUT2D eigenvalue weighted by Crippen LogP contribution is -2.50. The van der Waals surface area contributed by atoms with Crippen molar-refractivity contribution in [2.45, 2.75) is 38.5 Å². The number of carboxylic acid groups (broad SMARTS) is 1. The lowest BCUT2D eigenvalue weighted by Gasteiger charge is -2.33. The first-order chi connectivity index (χ1) is 9.96. The number of nitrogens with one attached hydrogen (secondary N) is 1. The molecule has 7 nitrogen and oxygen atoms in total. The largest absolute Gasteiger partial charge is 0.481 e. The van der Waals surface area contributed by atoms with E-state index in [0.29, 0.717) is 39.1 Å². The molecule has 2 saturated heterocycles. The van der Waals surface area contributed by atoms with E-state index < -0.39 is 21.6 Å². The van der Waals surface area contributed by atoms with Gasteiger partial charge in [-0.15, -0.1) is 0 Å². The van der Waals surface area contributed by atoms with Crippen molar-refractivity contribution in [3.63, 3.8) is 0 Å². The zero-order valence-electron chi connectivity index (χ0n) is 12.2. The van der Waals surface area contributed by atoms with E-state index in [0.717, 1.165) is 25.7 Å². The lowest BCUT2D eigenvalue weighted by molar-refractivity contribution is -0.154. The smallest absolute Gasteiger partial charge is 0.311 e. The van der Waals surface area contributed by atoms with Gasteiger partial charge in [-0.25, -0.2) is 4.72 Å². The molecule has 0 aromatic heterocycles. The Morgan fingerprint density at radius 1 is 1.14 bits per heavy atom. The van der Waals surface area contributed by atoms with Crippen LogP contribution in [0.15, 0.2) is 0 Å². The Morgan fingerprint density at radius 3 is 2.24 bits per heavy atom. The SMILES string of the molecule is O=C(O)C1(CNS(=O)(=O)N2CCCCCC2)CCOCC1. The Labute approximate surface area is 125 Å². The second-order valence-electron chi connectivity index (χ2n) is 5.84. The first-order valence-electron chi connectivity index (χ1n) is 7.52. The highest BCUT2D eigenvalue weighted by Gasteiger charge is 2.41. The predicted molar refractivity (Wildman–Crippen MR) is 77.1 cm³/mol. The number of hydrogen-bond acceptors (Lipinski definition) is 4. The summed E-state index contributed by atoms with van der Waals surface area (Å²) in [6.07, 6.45) is 4.48. The highest BCUT2D eigenvalue weighted by atomic mass is 32.2. The van der Waals surface area contributed by atoms with Crippen LogP contribution in [0.2, 0.25) is 0 Å². The monoisotopic (exact) mass is 320 g/mol. The van der Waals surface area contributed by atoms with Crippen LogP contribution in [0, 0.1) is 5.41 Å². The van der Waals surface area contributed by atoms with Crippen LogP contribution in [0.1, 0.15) is 38.5 Å². The van der Waals surface area contributed by atoms with Crippen LogP contribution in [-0.4, -0.2) is 56.6 Å². The summed E-state index contributed by atoms with van der Waals surface area (Å²) in [5.41, 5.74) is -1.04. The van der Waals surface area contributed by atoms with Crippen molar-refractivity contribution in [2.75, 3.05) is 32.8 Å². The topological polar surface area (TPSA) is 95.9 Å². The first-order valence-corrected chi connectivity index (χ1v) is 8.96. The predicted octanol–water partition coefficient (Wildman–Crippen LogP) is 0.578. The maximum absolute atomic E-state index is 12.3. The van der Waals surface area contributed by atoms with E-state index in [4.69, 9.17) is 4.74 Å². The van der Waals surface area contributed by atoms with E-state index >= 15 is 0 Å². The standard InChI is InChI=1S/C13H24N2O5S/c16-12(17)13(5-9-20-10-6-13)11-14-21(18,19)15-7-3-1-2-4-8-15/h14H,1-11H2,(H,16,17). The molecule has 21 heavy (non-hydrogen) atoms. The second kappa shape index (κ2) is 7.04. The van der Waals surface area contributed by atoms with Crippen LogP contribution in [-0.2, 0) is 19.7 Å². The fraction of sp³-hybridized carbons (Fsp3) is 0.923. The van der Waals surface area contributed by atoms with Crippen LogP contribution in [0.25, 0.3) is 0 Å². The normalized spacial score (nSPS) is 24.4. The molecule has 0 atom stereocenters. The molecule has 2 rings (SSSR count). The third kappa shape index (κ3) is 4.15. The molecule has 0 spiro atoms. The number of rotatable bonds is 5. The van der Waals surface area contributed by atoms with Gasteiger partial charge >= 0.3 is 5.97 Å². The molecule has 0 aliphatic carbocycles. The Kier molecular flexibility index (Phi) is 5.59. The first kappa shape index (κ1) is 16.7. The molecule has 2 aliphatic rings. The molecule has 2 N–H and O–H groups in total. The molecule has 0 aromatic rings. The number of carboxylic acids is 1. The number of ether oxygens (including phenoxy) is 1. The molecule has 0 aromatic carbocycles. The molecule has 0 bridgehead atoms. The van der Waals surface area contributed by atoms with Gasteiger partial charge in [-0.2, -0.15) is 12.7 Å². The van der Waals surface area contributed by atoms with E-state index in [-0.39, 0.29) is 6.54 Å². The van der Waals surface area contributed by atoms with E-state index in [1.165, 1.54) is 4.31 Å². The summed E-state index contributed by atoms with van der Waals surface area (Å²) in [5, 5.41) is 9.44. The summed E-state index contributed by atoms with van der Waals surface area (Å²) in [5.74, 6) is -0.954. The molecule has 0 amide bonds. The number of nitrogens with zero attached hydrogens (tertiary/aromatic N) is 1. The number of hydrogen-bond donors (Lipinski definition) is 2.